The van der Waals surface area contributed by atoms with Crippen molar-refractivity contribution in [3.63, 3.8) is 0 Å². The molecule has 0 saturated heterocycles. The van der Waals surface area contributed by atoms with Gasteiger partial charge in [0, 0.05) is 0 Å². The summed E-state index contributed by atoms with van der Waals surface area (Å²) in [5.74, 6) is -1.37. The molecule has 0 aliphatic heterocycles. The van der Waals surface area contributed by atoms with Gasteiger partial charge in [-0.25, -0.2) is 4.39 Å². The highest BCUT2D eigenvalue weighted by Crippen LogP contribution is 2.21. The van der Waals surface area contributed by atoms with Gasteiger partial charge in [-0.15, -0.1) is 0 Å². The molecule has 0 spiro atoms. The minimum atomic E-state index is -1.01. The van der Waals surface area contributed by atoms with E-state index in [1.54, 1.807) is 31.4 Å². The Morgan fingerprint density at radius 3 is 2.45 bits per heavy atom. The lowest BCUT2D eigenvalue weighted by Gasteiger charge is -2.14. The van der Waals surface area contributed by atoms with E-state index < -0.39 is 17.7 Å². The normalized spacial score (nSPS) is 12.0. The first-order valence-electron chi connectivity index (χ1n) is 6.08. The minimum absolute atomic E-state index is 0.0483. The van der Waals surface area contributed by atoms with E-state index >= 15 is 0 Å². The van der Waals surface area contributed by atoms with Gasteiger partial charge in [-0.2, -0.15) is 4.39 Å². The van der Waals surface area contributed by atoms with E-state index in [9.17, 15) is 8.78 Å². The molecular weight excluding hydrogens is 264 g/mol. The lowest BCUT2D eigenvalue weighted by molar-refractivity contribution is 0.272. The smallest absolute Gasteiger partial charge is 0.200 e. The van der Waals surface area contributed by atoms with Crippen molar-refractivity contribution < 1.29 is 18.3 Å². The second-order valence-electron chi connectivity index (χ2n) is 4.24. The third kappa shape index (κ3) is 3.24. The highest BCUT2D eigenvalue weighted by molar-refractivity contribution is 5.29. The van der Waals surface area contributed by atoms with Gasteiger partial charge in [0.1, 0.15) is 12.4 Å². The van der Waals surface area contributed by atoms with E-state index in [0.29, 0.717) is 0 Å². The van der Waals surface area contributed by atoms with Crippen molar-refractivity contribution in [2.24, 2.45) is 5.73 Å². The molecule has 0 amide bonds. The first-order valence-corrected chi connectivity index (χ1v) is 6.08. The summed E-state index contributed by atoms with van der Waals surface area (Å²) in [6, 6.07) is 10.5. The molecule has 0 aliphatic rings. The largest absolute Gasteiger partial charge is 0.497 e. The lowest BCUT2D eigenvalue weighted by atomic mass is 10.1. The Hall–Kier alpha value is -2.14. The molecule has 106 valence electrons. The second-order valence-corrected chi connectivity index (χ2v) is 4.24. The standard InChI is InChI=1S/C15H15F2NO2/c1-19-11-7-5-10(6-8-11)13(18)9-20-14-4-2-3-12(16)15(14)17/h2-8,13H,9,18H2,1H3. The predicted molar refractivity (Wildman–Crippen MR) is 71.8 cm³/mol. The van der Waals surface area contributed by atoms with Crippen LogP contribution in [-0.4, -0.2) is 13.7 Å². The number of hydrogen-bond acceptors (Lipinski definition) is 3. The van der Waals surface area contributed by atoms with Gasteiger partial charge in [-0.3, -0.25) is 0 Å². The summed E-state index contributed by atoms with van der Waals surface area (Å²) in [5.41, 5.74) is 6.76. The number of rotatable bonds is 5. The van der Waals surface area contributed by atoms with Crippen LogP contribution in [0.3, 0.4) is 0 Å². The van der Waals surface area contributed by atoms with Crippen molar-refractivity contribution in [3.05, 3.63) is 59.7 Å². The Morgan fingerprint density at radius 2 is 1.80 bits per heavy atom. The van der Waals surface area contributed by atoms with E-state index in [0.717, 1.165) is 17.4 Å². The Bertz CT molecular complexity index is 573. The molecule has 0 bridgehead atoms. The van der Waals surface area contributed by atoms with Crippen LogP contribution < -0.4 is 15.2 Å². The summed E-state index contributed by atoms with van der Waals surface area (Å²) in [5, 5.41) is 0. The monoisotopic (exact) mass is 279 g/mol. The van der Waals surface area contributed by atoms with Crippen molar-refractivity contribution in [3.8, 4) is 11.5 Å². The molecule has 0 fully saturated rings. The molecule has 2 aromatic rings. The molecule has 1 unspecified atom stereocenters. The van der Waals surface area contributed by atoms with E-state index in [1.165, 1.54) is 12.1 Å². The molecule has 3 nitrogen and oxygen atoms in total. The van der Waals surface area contributed by atoms with Crippen LogP contribution in [0, 0.1) is 11.6 Å². The maximum absolute atomic E-state index is 13.4. The van der Waals surface area contributed by atoms with Crippen LogP contribution in [0.15, 0.2) is 42.5 Å². The van der Waals surface area contributed by atoms with Crippen LogP contribution >= 0.6 is 0 Å². The van der Waals surface area contributed by atoms with Crippen LogP contribution in [-0.2, 0) is 0 Å². The topological polar surface area (TPSA) is 44.5 Å². The van der Waals surface area contributed by atoms with Gasteiger partial charge in [0.2, 0.25) is 5.82 Å². The molecular formula is C15H15F2NO2. The van der Waals surface area contributed by atoms with Crippen molar-refractivity contribution in [2.45, 2.75) is 6.04 Å². The van der Waals surface area contributed by atoms with E-state index in [4.69, 9.17) is 15.2 Å². The zero-order chi connectivity index (χ0) is 14.5. The lowest BCUT2D eigenvalue weighted by Crippen LogP contribution is -2.19. The summed E-state index contributed by atoms with van der Waals surface area (Å²) in [6.07, 6.45) is 0. The maximum Gasteiger partial charge on any atom is 0.200 e. The zero-order valence-electron chi connectivity index (χ0n) is 11.0. The van der Waals surface area contributed by atoms with Crippen molar-refractivity contribution >= 4 is 0 Å². The number of halogens is 2. The summed E-state index contributed by atoms with van der Waals surface area (Å²) in [7, 11) is 1.57. The first kappa shape index (κ1) is 14.3. The number of ether oxygens (including phenoxy) is 2. The molecule has 20 heavy (non-hydrogen) atoms. The molecule has 2 N–H and O–H groups in total. The quantitative estimate of drug-likeness (QED) is 0.915. The Morgan fingerprint density at radius 1 is 1.10 bits per heavy atom. The van der Waals surface area contributed by atoms with E-state index in [-0.39, 0.29) is 12.4 Å². The van der Waals surface area contributed by atoms with Crippen molar-refractivity contribution in [2.75, 3.05) is 13.7 Å². The molecule has 0 aliphatic carbocycles. The summed E-state index contributed by atoms with van der Waals surface area (Å²) >= 11 is 0. The van der Waals surface area contributed by atoms with Gasteiger partial charge in [0.15, 0.2) is 11.6 Å². The second kappa shape index (κ2) is 6.34. The average Bonchev–Trinajstić information content (AvgIpc) is 2.48. The third-order valence-electron chi connectivity index (χ3n) is 2.88. The molecule has 2 rings (SSSR count). The summed E-state index contributed by atoms with van der Waals surface area (Å²) in [4.78, 5) is 0. The molecule has 2 aromatic carbocycles. The van der Waals surface area contributed by atoms with Crippen LogP contribution in [0.4, 0.5) is 8.78 Å². The number of benzene rings is 2. The van der Waals surface area contributed by atoms with Crippen LogP contribution in [0.2, 0.25) is 0 Å². The predicted octanol–water partition coefficient (Wildman–Crippen LogP) is 3.05. The number of hydrogen-bond donors (Lipinski definition) is 1. The fourth-order valence-electron chi connectivity index (χ4n) is 1.72. The number of methoxy groups -OCH3 is 1. The molecule has 5 heteroatoms. The first-order chi connectivity index (χ1) is 9.61. The van der Waals surface area contributed by atoms with Gasteiger partial charge in [-0.1, -0.05) is 18.2 Å². The van der Waals surface area contributed by atoms with Crippen LogP contribution in [0.1, 0.15) is 11.6 Å². The van der Waals surface area contributed by atoms with Gasteiger partial charge in [0.25, 0.3) is 0 Å². The summed E-state index contributed by atoms with van der Waals surface area (Å²) < 4.78 is 36.7. The van der Waals surface area contributed by atoms with Crippen LogP contribution in [0.5, 0.6) is 11.5 Å². The SMILES string of the molecule is COc1ccc(C(N)COc2cccc(F)c2F)cc1. The van der Waals surface area contributed by atoms with Gasteiger partial charge in [-0.05, 0) is 29.8 Å². The van der Waals surface area contributed by atoms with E-state index in [1.807, 2.05) is 0 Å². The van der Waals surface area contributed by atoms with E-state index in [2.05, 4.69) is 0 Å². The highest BCUT2D eigenvalue weighted by Gasteiger charge is 2.12. The molecule has 0 saturated carbocycles. The minimum Gasteiger partial charge on any atom is -0.497 e. The summed E-state index contributed by atoms with van der Waals surface area (Å²) in [6.45, 7) is 0.0483. The third-order valence-corrected chi connectivity index (χ3v) is 2.88. The number of nitrogens with two attached hydrogens (primary N) is 1. The molecule has 0 aromatic heterocycles. The van der Waals surface area contributed by atoms with Crippen molar-refractivity contribution in [1.29, 1.82) is 0 Å². The highest BCUT2D eigenvalue weighted by atomic mass is 19.2. The maximum atomic E-state index is 13.4. The Kier molecular flexibility index (Phi) is 4.53. The Labute approximate surface area is 115 Å². The average molecular weight is 279 g/mol. The fraction of sp³-hybridized carbons (Fsp3) is 0.200. The van der Waals surface area contributed by atoms with Gasteiger partial charge in [0.05, 0.1) is 13.2 Å². The van der Waals surface area contributed by atoms with Crippen LogP contribution in [0.25, 0.3) is 0 Å². The molecule has 0 radical (unpaired) electrons. The molecule has 0 heterocycles. The van der Waals surface area contributed by atoms with Gasteiger partial charge >= 0.3 is 0 Å². The Balaban J connectivity index is 2.00. The zero-order valence-corrected chi connectivity index (χ0v) is 11.0. The van der Waals surface area contributed by atoms with Gasteiger partial charge < -0.3 is 15.2 Å². The fourth-order valence-corrected chi connectivity index (χ4v) is 1.72. The molecule has 1 atom stereocenters. The van der Waals surface area contributed by atoms with Crippen molar-refractivity contribution in [1.82, 2.24) is 0 Å².